The van der Waals surface area contributed by atoms with Gasteiger partial charge in [0.05, 0.1) is 18.9 Å². The number of amides is 2. The van der Waals surface area contributed by atoms with E-state index in [9.17, 15) is 9.59 Å². The molecule has 2 heterocycles. The highest BCUT2D eigenvalue weighted by molar-refractivity contribution is 7.17. The molecule has 1 radical (unpaired) electrons. The number of morpholine rings is 1. The van der Waals surface area contributed by atoms with Crippen molar-refractivity contribution in [2.75, 3.05) is 31.6 Å². The third-order valence-corrected chi connectivity index (χ3v) is 4.50. The molecule has 0 spiro atoms. The summed E-state index contributed by atoms with van der Waals surface area (Å²) >= 11 is 1.24. The highest BCUT2D eigenvalue weighted by atomic mass is 32.1. The molecule has 0 unspecified atom stereocenters. The van der Waals surface area contributed by atoms with Gasteiger partial charge in [0.25, 0.3) is 5.91 Å². The van der Waals surface area contributed by atoms with E-state index in [1.165, 1.54) is 11.3 Å². The van der Waals surface area contributed by atoms with Gasteiger partial charge in [0.2, 0.25) is 5.91 Å². The molecule has 121 valence electrons. The minimum Gasteiger partial charge on any atom is -0.378 e. The highest BCUT2D eigenvalue weighted by Crippen LogP contribution is 2.24. The molecule has 1 aliphatic heterocycles. The SMILES string of the molecule is [CH2]CCCCC(=O)Nc1nc(C)c(C(=O)N2CCOCC2)s1. The summed E-state index contributed by atoms with van der Waals surface area (Å²) in [6, 6.07) is 0. The van der Waals surface area contributed by atoms with E-state index in [1.54, 1.807) is 11.8 Å². The van der Waals surface area contributed by atoms with Crippen molar-refractivity contribution in [3.8, 4) is 0 Å². The van der Waals surface area contributed by atoms with Crippen LogP contribution < -0.4 is 5.32 Å². The molecule has 0 bridgehead atoms. The summed E-state index contributed by atoms with van der Waals surface area (Å²) in [4.78, 5) is 30.9. The molecule has 0 aromatic carbocycles. The van der Waals surface area contributed by atoms with Crippen LogP contribution in [0.4, 0.5) is 5.13 Å². The second-order valence-electron chi connectivity index (χ2n) is 5.20. The number of hydrogen-bond acceptors (Lipinski definition) is 5. The third kappa shape index (κ3) is 4.51. The fraction of sp³-hybridized carbons (Fsp3) is 0.600. The predicted octanol–water partition coefficient (Wildman–Crippen LogP) is 2.26. The second kappa shape index (κ2) is 8.24. The molecule has 22 heavy (non-hydrogen) atoms. The Morgan fingerprint density at radius 3 is 2.77 bits per heavy atom. The molecule has 1 aromatic heterocycles. The summed E-state index contributed by atoms with van der Waals surface area (Å²) in [5.41, 5.74) is 0.662. The second-order valence-corrected chi connectivity index (χ2v) is 6.20. The number of rotatable bonds is 6. The number of carbonyl (C=O) groups is 2. The van der Waals surface area contributed by atoms with Crippen LogP contribution in [-0.2, 0) is 9.53 Å². The molecular weight excluding hydrogens is 302 g/mol. The van der Waals surface area contributed by atoms with Crippen LogP contribution in [0.3, 0.4) is 0 Å². The number of anilines is 1. The number of ether oxygens (including phenoxy) is 1. The van der Waals surface area contributed by atoms with Crippen LogP contribution in [-0.4, -0.2) is 48.0 Å². The van der Waals surface area contributed by atoms with Gasteiger partial charge in [-0.2, -0.15) is 0 Å². The van der Waals surface area contributed by atoms with Crippen LogP contribution in [0.25, 0.3) is 0 Å². The van der Waals surface area contributed by atoms with Gasteiger partial charge in [0.1, 0.15) is 4.88 Å². The van der Waals surface area contributed by atoms with E-state index in [4.69, 9.17) is 4.74 Å². The van der Waals surface area contributed by atoms with E-state index in [-0.39, 0.29) is 11.8 Å². The van der Waals surface area contributed by atoms with Gasteiger partial charge < -0.3 is 15.0 Å². The Labute approximate surface area is 134 Å². The minimum atomic E-state index is -0.0624. The summed E-state index contributed by atoms with van der Waals surface area (Å²) in [5, 5.41) is 3.27. The van der Waals surface area contributed by atoms with Gasteiger partial charge in [-0.1, -0.05) is 31.1 Å². The van der Waals surface area contributed by atoms with Gasteiger partial charge in [-0.25, -0.2) is 4.98 Å². The maximum absolute atomic E-state index is 12.5. The lowest BCUT2D eigenvalue weighted by atomic mass is 10.2. The van der Waals surface area contributed by atoms with Crippen molar-refractivity contribution >= 4 is 28.3 Å². The number of nitrogens with zero attached hydrogens (tertiary/aromatic N) is 2. The average molecular weight is 324 g/mol. The van der Waals surface area contributed by atoms with E-state index >= 15 is 0 Å². The fourth-order valence-corrected chi connectivity index (χ4v) is 3.15. The highest BCUT2D eigenvalue weighted by Gasteiger charge is 2.23. The molecule has 6 nitrogen and oxygen atoms in total. The Balaban J connectivity index is 1.95. The van der Waals surface area contributed by atoms with E-state index < -0.39 is 0 Å². The standard InChI is InChI=1S/C15H22N3O3S/c1-3-4-5-6-12(19)17-15-16-11(2)13(22-15)14(20)18-7-9-21-10-8-18/h1,3-10H2,2H3,(H,16,17,19). The van der Waals surface area contributed by atoms with Crippen molar-refractivity contribution in [2.24, 2.45) is 0 Å². The molecule has 0 atom stereocenters. The largest absolute Gasteiger partial charge is 0.378 e. The molecule has 1 aliphatic rings. The summed E-state index contributed by atoms with van der Waals surface area (Å²) in [7, 11) is 0. The van der Waals surface area contributed by atoms with Gasteiger partial charge in [-0.15, -0.1) is 0 Å². The molecule has 1 N–H and O–H groups in total. The first-order valence-corrected chi connectivity index (χ1v) is 8.37. The Morgan fingerprint density at radius 1 is 1.36 bits per heavy atom. The minimum absolute atomic E-state index is 0.0316. The van der Waals surface area contributed by atoms with Crippen LogP contribution in [0.2, 0.25) is 0 Å². The van der Waals surface area contributed by atoms with Crippen LogP contribution >= 0.6 is 11.3 Å². The van der Waals surface area contributed by atoms with Crippen molar-refractivity contribution in [3.05, 3.63) is 17.5 Å². The maximum atomic E-state index is 12.5. The van der Waals surface area contributed by atoms with Gasteiger partial charge in [0, 0.05) is 19.5 Å². The van der Waals surface area contributed by atoms with Crippen molar-refractivity contribution in [1.82, 2.24) is 9.88 Å². The summed E-state index contributed by atoms with van der Waals surface area (Å²) in [6.07, 6.45) is 3.05. The van der Waals surface area contributed by atoms with Crippen molar-refractivity contribution < 1.29 is 14.3 Å². The number of hydrogen-bond donors (Lipinski definition) is 1. The summed E-state index contributed by atoms with van der Waals surface area (Å²) in [6.45, 7) is 7.88. The molecule has 1 saturated heterocycles. The summed E-state index contributed by atoms with van der Waals surface area (Å²) < 4.78 is 5.25. The molecule has 1 fully saturated rings. The molecule has 2 amide bonds. The lowest BCUT2D eigenvalue weighted by Gasteiger charge is -2.26. The average Bonchev–Trinajstić information content (AvgIpc) is 2.88. The Bertz CT molecular complexity index is 524. The van der Waals surface area contributed by atoms with E-state index in [2.05, 4.69) is 17.2 Å². The summed E-state index contributed by atoms with van der Waals surface area (Å²) in [5.74, 6) is -0.0940. The number of thiazole rings is 1. The monoisotopic (exact) mass is 324 g/mol. The number of aryl methyl sites for hydroxylation is 1. The smallest absolute Gasteiger partial charge is 0.266 e. The predicted molar refractivity (Wildman–Crippen MR) is 86.0 cm³/mol. The van der Waals surface area contributed by atoms with Crippen molar-refractivity contribution in [1.29, 1.82) is 0 Å². The quantitative estimate of drug-likeness (QED) is 0.815. The fourth-order valence-electron chi connectivity index (χ4n) is 2.20. The molecule has 2 rings (SSSR count). The zero-order chi connectivity index (χ0) is 15.9. The Hall–Kier alpha value is -1.47. The van der Waals surface area contributed by atoms with Crippen molar-refractivity contribution in [3.63, 3.8) is 0 Å². The van der Waals surface area contributed by atoms with Crippen LogP contribution in [0.1, 0.15) is 41.0 Å². The first kappa shape index (κ1) is 16.9. The molecule has 1 aromatic rings. The van der Waals surface area contributed by atoms with Crippen LogP contribution in [0, 0.1) is 13.8 Å². The van der Waals surface area contributed by atoms with Gasteiger partial charge in [-0.3, -0.25) is 9.59 Å². The van der Waals surface area contributed by atoms with E-state index in [1.807, 2.05) is 0 Å². The van der Waals surface area contributed by atoms with Gasteiger partial charge >= 0.3 is 0 Å². The molecule has 0 saturated carbocycles. The first-order valence-electron chi connectivity index (χ1n) is 7.55. The number of unbranched alkanes of at least 4 members (excludes halogenated alkanes) is 2. The number of aromatic nitrogens is 1. The molecule has 7 heteroatoms. The zero-order valence-corrected chi connectivity index (χ0v) is 13.7. The lowest BCUT2D eigenvalue weighted by Crippen LogP contribution is -2.40. The van der Waals surface area contributed by atoms with Crippen LogP contribution in [0.5, 0.6) is 0 Å². The van der Waals surface area contributed by atoms with Gasteiger partial charge in [-0.05, 0) is 13.3 Å². The first-order chi connectivity index (χ1) is 10.6. The zero-order valence-electron chi connectivity index (χ0n) is 12.9. The Morgan fingerprint density at radius 2 is 2.09 bits per heavy atom. The van der Waals surface area contributed by atoms with E-state index in [0.29, 0.717) is 48.4 Å². The van der Waals surface area contributed by atoms with Crippen molar-refractivity contribution in [2.45, 2.75) is 32.6 Å². The topological polar surface area (TPSA) is 71.5 Å². The normalized spacial score (nSPS) is 14.9. The number of carbonyl (C=O) groups excluding carboxylic acids is 2. The van der Waals surface area contributed by atoms with E-state index in [0.717, 1.165) is 19.3 Å². The third-order valence-electron chi connectivity index (χ3n) is 3.44. The maximum Gasteiger partial charge on any atom is 0.266 e. The molecular formula is C15H22N3O3S. The molecule has 0 aliphatic carbocycles. The lowest BCUT2D eigenvalue weighted by molar-refractivity contribution is -0.116. The van der Waals surface area contributed by atoms with Crippen LogP contribution in [0.15, 0.2) is 0 Å². The Kier molecular flexibility index (Phi) is 6.33. The number of nitrogens with one attached hydrogen (secondary N) is 1. The van der Waals surface area contributed by atoms with Gasteiger partial charge in [0.15, 0.2) is 5.13 Å².